The Kier molecular flexibility index (Phi) is 1.66. The molecule has 1 aromatic heterocycles. The molecule has 1 aliphatic rings. The van der Waals surface area contributed by atoms with Gasteiger partial charge in [-0.05, 0) is 25.0 Å². The zero-order chi connectivity index (χ0) is 10.5. The maximum Gasteiger partial charge on any atom is 0.285 e. The second-order valence-corrected chi connectivity index (χ2v) is 4.80. The third-order valence-corrected chi connectivity index (χ3v) is 3.74. The summed E-state index contributed by atoms with van der Waals surface area (Å²) in [5, 5.41) is 0. The first-order valence-corrected chi connectivity index (χ1v) is 5.45. The van der Waals surface area contributed by atoms with Gasteiger partial charge in [-0.25, -0.2) is 18.1 Å². The van der Waals surface area contributed by atoms with Crippen LogP contribution in [0.25, 0.3) is 0 Å². The molecule has 2 rings (SSSR count). The Hall–Kier alpha value is -1.43. The van der Waals surface area contributed by atoms with Crippen LogP contribution < -0.4 is 4.72 Å². The molecule has 0 saturated heterocycles. The van der Waals surface area contributed by atoms with E-state index in [2.05, 4.69) is 4.98 Å². The first-order chi connectivity index (χ1) is 6.43. The van der Waals surface area contributed by atoms with E-state index < -0.39 is 15.9 Å². The molecule has 1 aromatic rings. The van der Waals surface area contributed by atoms with Gasteiger partial charge in [-0.15, -0.1) is 0 Å². The van der Waals surface area contributed by atoms with E-state index in [1.807, 2.05) is 4.72 Å². The number of hydrogen-bond donors (Lipinski definition) is 1. The predicted octanol–water partition coefficient (Wildman–Crippen LogP) is 0.131. The quantitative estimate of drug-likeness (QED) is 0.663. The van der Waals surface area contributed by atoms with Crippen molar-refractivity contribution < 1.29 is 13.2 Å². The van der Waals surface area contributed by atoms with Crippen LogP contribution in [0.15, 0.2) is 11.1 Å². The lowest BCUT2D eigenvalue weighted by Gasteiger charge is -2.02. The Morgan fingerprint density at radius 3 is 2.64 bits per heavy atom. The molecule has 5 nitrogen and oxygen atoms in total. The minimum Gasteiger partial charge on any atom is -0.266 e. The minimum absolute atomic E-state index is 0.00639. The van der Waals surface area contributed by atoms with Crippen LogP contribution in [0.3, 0.4) is 0 Å². The normalized spacial score (nSPS) is 17.7. The molecule has 1 N–H and O–H groups in total. The minimum atomic E-state index is -3.67. The van der Waals surface area contributed by atoms with Crippen molar-refractivity contribution in [3.05, 3.63) is 23.0 Å². The number of aryl methyl sites for hydroxylation is 1. The van der Waals surface area contributed by atoms with E-state index in [1.54, 1.807) is 13.8 Å². The lowest BCUT2D eigenvalue weighted by atomic mass is 10.1. The zero-order valence-electron chi connectivity index (χ0n) is 7.66. The molecule has 0 fully saturated rings. The van der Waals surface area contributed by atoms with Crippen molar-refractivity contribution in [3.63, 3.8) is 0 Å². The molecule has 0 saturated carbocycles. The molecule has 0 spiro atoms. The number of amides is 1. The van der Waals surface area contributed by atoms with Crippen LogP contribution in [0, 0.1) is 13.8 Å². The summed E-state index contributed by atoms with van der Waals surface area (Å²) < 4.78 is 24.8. The Balaban J connectivity index is 2.91. The summed E-state index contributed by atoms with van der Waals surface area (Å²) in [5.74, 6) is -0.650. The van der Waals surface area contributed by atoms with Gasteiger partial charge in [0.1, 0.15) is 10.6 Å². The number of nitrogens with zero attached hydrogens (tertiary/aromatic N) is 1. The van der Waals surface area contributed by atoms with Gasteiger partial charge < -0.3 is 0 Å². The zero-order valence-corrected chi connectivity index (χ0v) is 8.47. The van der Waals surface area contributed by atoms with Crippen LogP contribution in [-0.4, -0.2) is 19.3 Å². The lowest BCUT2D eigenvalue weighted by Crippen LogP contribution is -2.21. The van der Waals surface area contributed by atoms with Gasteiger partial charge in [0.15, 0.2) is 0 Å². The molecule has 74 valence electrons. The van der Waals surface area contributed by atoms with E-state index in [0.717, 1.165) is 5.56 Å². The number of aromatic nitrogens is 1. The molecule has 6 heteroatoms. The molecule has 0 radical (unpaired) electrons. The van der Waals surface area contributed by atoms with Crippen LogP contribution in [0.4, 0.5) is 0 Å². The number of hydrogen-bond acceptors (Lipinski definition) is 4. The summed E-state index contributed by atoms with van der Waals surface area (Å²) >= 11 is 0. The van der Waals surface area contributed by atoms with Crippen LogP contribution in [0.5, 0.6) is 0 Å². The van der Waals surface area contributed by atoms with Gasteiger partial charge >= 0.3 is 0 Å². The van der Waals surface area contributed by atoms with E-state index in [9.17, 15) is 13.2 Å². The topological polar surface area (TPSA) is 76.1 Å². The van der Waals surface area contributed by atoms with Crippen molar-refractivity contribution in [2.75, 3.05) is 0 Å². The maximum absolute atomic E-state index is 11.5. The summed E-state index contributed by atoms with van der Waals surface area (Å²) in [5.41, 5.74) is 1.32. The van der Waals surface area contributed by atoms with E-state index in [-0.39, 0.29) is 10.6 Å². The van der Waals surface area contributed by atoms with E-state index in [4.69, 9.17) is 0 Å². The second-order valence-electron chi connectivity index (χ2n) is 3.18. The molecule has 1 aliphatic heterocycles. The van der Waals surface area contributed by atoms with Gasteiger partial charge in [0.2, 0.25) is 0 Å². The monoisotopic (exact) mass is 212 g/mol. The third-order valence-electron chi connectivity index (χ3n) is 2.25. The molecule has 0 atom stereocenters. The van der Waals surface area contributed by atoms with Crippen molar-refractivity contribution in [2.24, 2.45) is 0 Å². The van der Waals surface area contributed by atoms with Crippen molar-refractivity contribution in [1.29, 1.82) is 0 Å². The molecule has 0 aromatic carbocycles. The van der Waals surface area contributed by atoms with Crippen LogP contribution in [-0.2, 0) is 10.0 Å². The molecule has 14 heavy (non-hydrogen) atoms. The van der Waals surface area contributed by atoms with Crippen molar-refractivity contribution >= 4 is 15.9 Å². The smallest absolute Gasteiger partial charge is 0.266 e. The van der Waals surface area contributed by atoms with E-state index >= 15 is 0 Å². The predicted molar refractivity (Wildman–Crippen MR) is 48.4 cm³/mol. The summed E-state index contributed by atoms with van der Waals surface area (Å²) in [6, 6.07) is 0. The second kappa shape index (κ2) is 2.54. The van der Waals surface area contributed by atoms with Gasteiger partial charge in [-0.1, -0.05) is 0 Å². The number of sulfonamides is 1. The highest BCUT2D eigenvalue weighted by Gasteiger charge is 2.35. The molecule has 1 amide bonds. The van der Waals surface area contributed by atoms with Crippen molar-refractivity contribution in [2.45, 2.75) is 18.7 Å². The van der Waals surface area contributed by atoms with Crippen molar-refractivity contribution in [1.82, 2.24) is 9.71 Å². The summed E-state index contributed by atoms with van der Waals surface area (Å²) in [4.78, 5) is 15.0. The van der Waals surface area contributed by atoms with Gasteiger partial charge in [0.25, 0.3) is 15.9 Å². The Morgan fingerprint density at radius 1 is 1.36 bits per heavy atom. The number of carbonyl (C=O) groups excluding carboxylic acids is 1. The van der Waals surface area contributed by atoms with Gasteiger partial charge in [0.05, 0.1) is 0 Å². The summed E-state index contributed by atoms with van der Waals surface area (Å²) in [6.07, 6.45) is 1.49. The van der Waals surface area contributed by atoms with Crippen LogP contribution in [0.1, 0.15) is 21.6 Å². The van der Waals surface area contributed by atoms with Gasteiger partial charge in [-0.2, -0.15) is 0 Å². The average molecular weight is 212 g/mol. The fraction of sp³-hybridized carbons (Fsp3) is 0.250. The molecule has 0 unspecified atom stereocenters. The summed E-state index contributed by atoms with van der Waals surface area (Å²) in [7, 11) is -3.67. The van der Waals surface area contributed by atoms with Crippen LogP contribution >= 0.6 is 0 Å². The fourth-order valence-corrected chi connectivity index (χ4v) is 2.79. The molecular weight excluding hydrogens is 204 g/mol. The van der Waals surface area contributed by atoms with Crippen molar-refractivity contribution in [3.8, 4) is 0 Å². The standard InChI is InChI=1S/C8H8N2O3S/c1-4-3-9-6-7(5(4)2)14(12,13)10-8(6)11/h3H,1-2H3,(H,10,11). The van der Waals surface area contributed by atoms with Gasteiger partial charge in [0, 0.05) is 6.20 Å². The number of pyridine rings is 1. The Labute approximate surface area is 81.2 Å². The maximum atomic E-state index is 11.5. The largest absolute Gasteiger partial charge is 0.285 e. The fourth-order valence-electron chi connectivity index (χ4n) is 1.39. The first-order valence-electron chi connectivity index (χ1n) is 3.97. The Morgan fingerprint density at radius 2 is 2.00 bits per heavy atom. The average Bonchev–Trinajstić information content (AvgIpc) is 2.29. The highest BCUT2D eigenvalue weighted by molar-refractivity contribution is 7.90. The lowest BCUT2D eigenvalue weighted by molar-refractivity contribution is 0.0980. The number of fused-ring (bicyclic) bond motifs is 1. The highest BCUT2D eigenvalue weighted by Crippen LogP contribution is 2.25. The van der Waals surface area contributed by atoms with E-state index in [1.165, 1.54) is 6.20 Å². The van der Waals surface area contributed by atoms with Crippen LogP contribution in [0.2, 0.25) is 0 Å². The number of rotatable bonds is 0. The SMILES string of the molecule is Cc1cnc2c(c1C)S(=O)(=O)NC2=O. The Bertz CT molecular complexity index is 534. The number of carbonyl (C=O) groups is 1. The molecular formula is C8H8N2O3S. The molecule has 0 aliphatic carbocycles. The third kappa shape index (κ3) is 1.04. The first kappa shape index (κ1) is 9.14. The number of nitrogens with one attached hydrogen (secondary N) is 1. The van der Waals surface area contributed by atoms with Gasteiger partial charge in [-0.3, -0.25) is 4.79 Å². The highest BCUT2D eigenvalue weighted by atomic mass is 32.2. The molecule has 0 bridgehead atoms. The molecule has 2 heterocycles. The van der Waals surface area contributed by atoms with E-state index in [0.29, 0.717) is 5.56 Å². The summed E-state index contributed by atoms with van der Waals surface area (Å²) in [6.45, 7) is 3.41.